The van der Waals surface area contributed by atoms with Crippen LogP contribution in [0, 0.1) is 0 Å². The number of fused-ring (bicyclic) bond motifs is 2. The van der Waals surface area contributed by atoms with Crippen LogP contribution in [0.4, 0.5) is 36.3 Å². The van der Waals surface area contributed by atoms with Gasteiger partial charge < -0.3 is 19.7 Å². The minimum atomic E-state index is -4.69. The molecule has 0 radical (unpaired) electrons. The summed E-state index contributed by atoms with van der Waals surface area (Å²) in [6, 6.07) is 10.0. The molecule has 2 aromatic carbocycles. The molecule has 0 aliphatic carbocycles. The second-order valence-electron chi connectivity index (χ2n) is 8.12. The van der Waals surface area contributed by atoms with Crippen LogP contribution < -0.4 is 24.0 Å². The average Bonchev–Trinajstić information content (AvgIpc) is 3.43. The Bertz CT molecular complexity index is 1410. The number of nitrogens with zero attached hydrogens (tertiary/aromatic N) is 4. The van der Waals surface area contributed by atoms with Crippen LogP contribution in [0.5, 0.6) is 11.5 Å². The summed E-state index contributed by atoms with van der Waals surface area (Å²) in [4.78, 5) is 9.52. The van der Waals surface area contributed by atoms with Gasteiger partial charge in [-0.15, -0.1) is 0 Å². The van der Waals surface area contributed by atoms with E-state index in [1.807, 2.05) is 0 Å². The molecule has 13 heteroatoms. The first-order chi connectivity index (χ1) is 16.5. The molecule has 2 aliphatic heterocycles. The van der Waals surface area contributed by atoms with Crippen molar-refractivity contribution in [3.63, 3.8) is 0 Å². The zero-order valence-electron chi connectivity index (χ0n) is 18.6. The fourth-order valence-electron chi connectivity index (χ4n) is 4.01. The highest BCUT2D eigenvalue weighted by molar-refractivity contribution is 7.92. The molecule has 0 bridgehead atoms. The molecule has 2 aliphatic rings. The van der Waals surface area contributed by atoms with Gasteiger partial charge in [-0.2, -0.15) is 18.2 Å². The summed E-state index contributed by atoms with van der Waals surface area (Å²) in [5, 5.41) is 2.91. The van der Waals surface area contributed by atoms with Crippen molar-refractivity contribution in [2.75, 3.05) is 34.6 Å². The second-order valence-corrected chi connectivity index (χ2v) is 10.1. The van der Waals surface area contributed by atoms with Gasteiger partial charge in [-0.05, 0) is 23.8 Å². The molecule has 5 rings (SSSR count). The molecule has 1 N–H and O–H groups in total. The van der Waals surface area contributed by atoms with Crippen molar-refractivity contribution in [2.24, 2.45) is 0 Å². The Labute approximate surface area is 199 Å². The number of sulfonamides is 1. The minimum absolute atomic E-state index is 0.0312. The Hall–Kier alpha value is -3.74. The van der Waals surface area contributed by atoms with Gasteiger partial charge >= 0.3 is 6.18 Å². The number of hydrogen-bond donors (Lipinski definition) is 1. The summed E-state index contributed by atoms with van der Waals surface area (Å²) in [5.41, 5.74) is 1.28. The molecule has 0 fully saturated rings. The molecule has 1 aromatic heterocycles. The molecule has 0 spiro atoms. The lowest BCUT2D eigenvalue weighted by atomic mass is 10.1. The van der Waals surface area contributed by atoms with E-state index in [2.05, 4.69) is 15.3 Å². The number of halogens is 3. The third kappa shape index (κ3) is 4.38. The zero-order chi connectivity index (χ0) is 25.0. The molecule has 0 unspecified atom stereocenters. The Kier molecular flexibility index (Phi) is 5.38. The van der Waals surface area contributed by atoms with E-state index in [1.54, 1.807) is 36.4 Å². The Morgan fingerprint density at radius 3 is 2.63 bits per heavy atom. The fourth-order valence-corrected chi connectivity index (χ4v) is 4.53. The molecule has 184 valence electrons. The van der Waals surface area contributed by atoms with Crippen LogP contribution in [0.1, 0.15) is 16.7 Å². The summed E-state index contributed by atoms with van der Waals surface area (Å²) in [5.74, 6) is 0.727. The first-order valence-electron chi connectivity index (χ1n) is 10.4. The minimum Gasteiger partial charge on any atom is -0.454 e. The average molecular weight is 507 g/mol. The monoisotopic (exact) mass is 507 g/mol. The number of nitrogens with one attached hydrogen (secondary N) is 1. The molecule has 0 saturated carbocycles. The molecule has 0 amide bonds. The van der Waals surface area contributed by atoms with Crippen LogP contribution in [-0.4, -0.2) is 38.5 Å². The lowest BCUT2D eigenvalue weighted by molar-refractivity contribution is -0.137. The van der Waals surface area contributed by atoms with E-state index < -0.39 is 21.8 Å². The van der Waals surface area contributed by atoms with E-state index in [1.165, 1.54) is 11.9 Å². The third-order valence-electron chi connectivity index (χ3n) is 5.80. The van der Waals surface area contributed by atoms with Crippen molar-refractivity contribution < 1.29 is 31.1 Å². The predicted octanol–water partition coefficient (Wildman–Crippen LogP) is 3.88. The molecule has 3 aromatic rings. The second kappa shape index (κ2) is 8.18. The van der Waals surface area contributed by atoms with Crippen molar-refractivity contribution in [3.8, 4) is 11.5 Å². The van der Waals surface area contributed by atoms with Gasteiger partial charge in [0.15, 0.2) is 11.5 Å². The number of aromatic nitrogens is 2. The van der Waals surface area contributed by atoms with Crippen molar-refractivity contribution >= 4 is 33.2 Å². The Balaban J connectivity index is 1.49. The predicted molar refractivity (Wildman–Crippen MR) is 122 cm³/mol. The maximum Gasteiger partial charge on any atom is 0.421 e. The van der Waals surface area contributed by atoms with Crippen LogP contribution >= 0.6 is 0 Å². The van der Waals surface area contributed by atoms with E-state index in [0.717, 1.165) is 22.3 Å². The summed E-state index contributed by atoms with van der Waals surface area (Å²) in [7, 11) is -2.15. The van der Waals surface area contributed by atoms with Gasteiger partial charge in [0.1, 0.15) is 11.4 Å². The Morgan fingerprint density at radius 2 is 1.89 bits per heavy atom. The third-order valence-corrected chi connectivity index (χ3v) is 6.99. The highest BCUT2D eigenvalue weighted by Crippen LogP contribution is 2.41. The fraction of sp³-hybridized carbons (Fsp3) is 0.273. The van der Waals surface area contributed by atoms with Gasteiger partial charge in [-0.1, -0.05) is 12.1 Å². The van der Waals surface area contributed by atoms with Crippen molar-refractivity contribution in [1.29, 1.82) is 0 Å². The molecule has 0 saturated heterocycles. The van der Waals surface area contributed by atoms with Crippen LogP contribution in [0.3, 0.4) is 0 Å². The lowest BCUT2D eigenvalue weighted by Gasteiger charge is -2.23. The number of benzene rings is 2. The van der Waals surface area contributed by atoms with Gasteiger partial charge in [0, 0.05) is 43.7 Å². The number of alkyl halides is 3. The highest BCUT2D eigenvalue weighted by Gasteiger charge is 2.38. The topological polar surface area (TPSA) is 96.9 Å². The number of anilines is 4. The largest absolute Gasteiger partial charge is 0.454 e. The molecule has 3 heterocycles. The van der Waals surface area contributed by atoms with Crippen LogP contribution in [0.2, 0.25) is 0 Å². The first kappa shape index (κ1) is 23.0. The zero-order valence-corrected chi connectivity index (χ0v) is 19.4. The number of rotatable bonds is 5. The van der Waals surface area contributed by atoms with Crippen LogP contribution in [0.15, 0.2) is 42.6 Å². The van der Waals surface area contributed by atoms with E-state index >= 15 is 0 Å². The summed E-state index contributed by atoms with van der Waals surface area (Å²) in [6.45, 7) is 0.269. The van der Waals surface area contributed by atoms with Gasteiger partial charge in [0.05, 0.1) is 11.9 Å². The van der Waals surface area contributed by atoms with Gasteiger partial charge in [0.2, 0.25) is 22.8 Å². The van der Waals surface area contributed by atoms with Crippen molar-refractivity contribution in [3.05, 3.63) is 59.3 Å². The van der Waals surface area contributed by atoms with E-state index in [-0.39, 0.29) is 31.6 Å². The van der Waals surface area contributed by atoms with Crippen molar-refractivity contribution in [1.82, 2.24) is 9.97 Å². The van der Waals surface area contributed by atoms with Gasteiger partial charge in [0.25, 0.3) is 0 Å². The van der Waals surface area contributed by atoms with E-state index in [0.29, 0.717) is 28.4 Å². The summed E-state index contributed by atoms with van der Waals surface area (Å²) in [6.07, 6.45) is -2.88. The molecular weight excluding hydrogens is 487 g/mol. The van der Waals surface area contributed by atoms with Gasteiger partial charge in [-0.3, -0.25) is 4.31 Å². The lowest BCUT2D eigenvalue weighted by Crippen LogP contribution is -2.26. The standard InChI is InChI=1S/C22H20F3N5O4S/c1-29(35(2,31)32)17-5-3-4-13-10-30(11-15(13)17)20-16(22(23,24)25)9-26-21(28-20)27-14-6-7-18-19(8-14)34-12-33-18/h3-9H,10-12H2,1-2H3,(H,26,27,28). The first-order valence-corrected chi connectivity index (χ1v) is 12.3. The number of ether oxygens (including phenoxy) is 2. The molecule has 0 atom stereocenters. The summed E-state index contributed by atoms with van der Waals surface area (Å²) >= 11 is 0. The molecule has 35 heavy (non-hydrogen) atoms. The van der Waals surface area contributed by atoms with E-state index in [4.69, 9.17) is 9.47 Å². The Morgan fingerprint density at radius 1 is 1.11 bits per heavy atom. The normalized spacial score (nSPS) is 14.7. The van der Waals surface area contributed by atoms with Crippen LogP contribution in [0.25, 0.3) is 0 Å². The molecular formula is C22H20F3N5O4S. The van der Waals surface area contributed by atoms with E-state index in [9.17, 15) is 21.6 Å². The summed E-state index contributed by atoms with van der Waals surface area (Å²) < 4.78 is 77.4. The molecule has 9 nitrogen and oxygen atoms in total. The maximum atomic E-state index is 13.9. The SMILES string of the molecule is CN(c1cccc2c1CN(c1nc(Nc3ccc4c(c3)OCO4)ncc1C(F)(F)F)C2)S(C)(=O)=O. The number of hydrogen-bond acceptors (Lipinski definition) is 8. The maximum absolute atomic E-state index is 13.9. The highest BCUT2D eigenvalue weighted by atomic mass is 32.2. The van der Waals surface area contributed by atoms with Crippen LogP contribution in [-0.2, 0) is 29.3 Å². The van der Waals surface area contributed by atoms with Gasteiger partial charge in [-0.25, -0.2) is 13.4 Å². The van der Waals surface area contributed by atoms with Crippen molar-refractivity contribution in [2.45, 2.75) is 19.3 Å². The quantitative estimate of drug-likeness (QED) is 0.556. The smallest absolute Gasteiger partial charge is 0.421 e.